The van der Waals surface area contributed by atoms with Crippen LogP contribution in [0.5, 0.6) is 0 Å². The average molecular weight is 398 g/mol. The third-order valence-electron chi connectivity index (χ3n) is 5.72. The number of carbonyl (C=O) groups is 2. The Hall–Kier alpha value is -1.60. The topological polar surface area (TPSA) is 79.3 Å². The number of piperidine rings is 1. The molecule has 8 heteroatoms. The molecule has 1 aliphatic carbocycles. The second-order valence-electron chi connectivity index (χ2n) is 7.61. The molecule has 152 valence electrons. The minimum Gasteiger partial charge on any atom is -0.353 e. The van der Waals surface area contributed by atoms with Gasteiger partial charge in [-0.25, -0.2) is 0 Å². The molecule has 2 N–H and O–H groups in total. The zero-order valence-electron chi connectivity index (χ0n) is 16.3. The molecule has 1 aliphatic heterocycles. The van der Waals surface area contributed by atoms with Crippen molar-refractivity contribution in [3.05, 3.63) is 18.0 Å². The first kappa shape index (κ1) is 21.7. The van der Waals surface area contributed by atoms with E-state index in [0.717, 1.165) is 31.2 Å². The predicted octanol–water partition coefficient (Wildman–Crippen LogP) is 1.79. The second kappa shape index (κ2) is 10.1. The van der Waals surface area contributed by atoms with Gasteiger partial charge in [-0.1, -0.05) is 19.3 Å². The number of hydrogen-bond acceptors (Lipinski definition) is 4. The van der Waals surface area contributed by atoms with Gasteiger partial charge in [0.15, 0.2) is 0 Å². The van der Waals surface area contributed by atoms with Gasteiger partial charge in [-0.3, -0.25) is 14.3 Å². The van der Waals surface area contributed by atoms with Crippen LogP contribution < -0.4 is 10.6 Å². The van der Waals surface area contributed by atoms with E-state index in [0.29, 0.717) is 13.1 Å². The van der Waals surface area contributed by atoms with Crippen molar-refractivity contribution in [3.8, 4) is 0 Å². The number of nitrogens with one attached hydrogen (secondary N) is 2. The summed E-state index contributed by atoms with van der Waals surface area (Å²) >= 11 is 0. The van der Waals surface area contributed by atoms with E-state index in [9.17, 15) is 9.59 Å². The molecule has 1 aromatic rings. The fourth-order valence-electron chi connectivity index (χ4n) is 4.13. The standard InChI is InChI=1S/C19H31N5O2.ClH/c1-20-17(15-12-21-23(2)13-15)19(26)24-10-8-16(9-11-24)22-18(25)14-6-4-3-5-7-14;/h12-14,16-17,20H,3-11H2,1-2H3,(H,22,25);1H. The SMILES string of the molecule is CNC(C(=O)N1CCC(NC(=O)C2CCCCC2)CC1)c1cnn(C)c1.Cl. The van der Waals surface area contributed by atoms with Crippen LogP contribution in [0.3, 0.4) is 0 Å². The van der Waals surface area contributed by atoms with Crippen molar-refractivity contribution in [3.63, 3.8) is 0 Å². The lowest BCUT2D eigenvalue weighted by Gasteiger charge is -2.35. The number of hydrogen-bond donors (Lipinski definition) is 2. The molecular weight excluding hydrogens is 366 g/mol. The smallest absolute Gasteiger partial charge is 0.244 e. The quantitative estimate of drug-likeness (QED) is 0.793. The zero-order chi connectivity index (χ0) is 18.5. The van der Waals surface area contributed by atoms with Crippen LogP contribution in [0.25, 0.3) is 0 Å². The molecule has 2 heterocycles. The van der Waals surface area contributed by atoms with E-state index in [1.165, 1.54) is 19.3 Å². The third kappa shape index (κ3) is 5.45. The fraction of sp³-hybridized carbons (Fsp3) is 0.737. The third-order valence-corrected chi connectivity index (χ3v) is 5.72. The van der Waals surface area contributed by atoms with Crippen molar-refractivity contribution in [2.24, 2.45) is 13.0 Å². The molecule has 0 spiro atoms. The highest BCUT2D eigenvalue weighted by Crippen LogP contribution is 2.24. The molecule has 1 unspecified atom stereocenters. The summed E-state index contributed by atoms with van der Waals surface area (Å²) in [5, 5.41) is 10.5. The fourth-order valence-corrected chi connectivity index (χ4v) is 4.13. The van der Waals surface area contributed by atoms with E-state index in [1.807, 2.05) is 18.1 Å². The maximum absolute atomic E-state index is 12.9. The molecule has 2 fully saturated rings. The zero-order valence-corrected chi connectivity index (χ0v) is 17.1. The van der Waals surface area contributed by atoms with Crippen molar-refractivity contribution < 1.29 is 9.59 Å². The molecule has 1 atom stereocenters. The number of likely N-dealkylation sites (N-methyl/N-ethyl adjacent to an activating group) is 1. The highest BCUT2D eigenvalue weighted by atomic mass is 35.5. The molecule has 2 aliphatic rings. The van der Waals surface area contributed by atoms with Crippen molar-refractivity contribution >= 4 is 24.2 Å². The summed E-state index contributed by atoms with van der Waals surface area (Å²) in [7, 11) is 3.65. The first-order valence-corrected chi connectivity index (χ1v) is 9.83. The summed E-state index contributed by atoms with van der Waals surface area (Å²) in [6.45, 7) is 1.37. The highest BCUT2D eigenvalue weighted by molar-refractivity contribution is 5.85. The minimum atomic E-state index is -0.364. The lowest BCUT2D eigenvalue weighted by atomic mass is 9.88. The van der Waals surface area contributed by atoms with Crippen LogP contribution in [0.4, 0.5) is 0 Å². The summed E-state index contributed by atoms with van der Waals surface area (Å²) in [4.78, 5) is 27.2. The van der Waals surface area contributed by atoms with Crippen LogP contribution in [0.15, 0.2) is 12.4 Å². The van der Waals surface area contributed by atoms with E-state index >= 15 is 0 Å². The van der Waals surface area contributed by atoms with Gasteiger partial charge in [0.2, 0.25) is 11.8 Å². The van der Waals surface area contributed by atoms with Gasteiger partial charge in [0.25, 0.3) is 0 Å². The maximum Gasteiger partial charge on any atom is 0.244 e. The van der Waals surface area contributed by atoms with Gasteiger partial charge in [0, 0.05) is 43.9 Å². The molecule has 27 heavy (non-hydrogen) atoms. The van der Waals surface area contributed by atoms with Crippen LogP contribution in [0.2, 0.25) is 0 Å². The van der Waals surface area contributed by atoms with E-state index < -0.39 is 0 Å². The summed E-state index contributed by atoms with van der Waals surface area (Å²) in [5.41, 5.74) is 0.882. The Kier molecular flexibility index (Phi) is 8.10. The van der Waals surface area contributed by atoms with Gasteiger partial charge in [0.1, 0.15) is 6.04 Å². The normalized spacial score (nSPS) is 20.0. The monoisotopic (exact) mass is 397 g/mol. The summed E-state index contributed by atoms with van der Waals surface area (Å²) in [5.74, 6) is 0.498. The number of carbonyl (C=O) groups excluding carboxylic acids is 2. The summed E-state index contributed by atoms with van der Waals surface area (Å²) < 4.78 is 1.71. The molecule has 2 amide bonds. The Morgan fingerprint density at radius 1 is 1.15 bits per heavy atom. The van der Waals surface area contributed by atoms with Crippen LogP contribution in [0, 0.1) is 5.92 Å². The second-order valence-corrected chi connectivity index (χ2v) is 7.61. The van der Waals surface area contributed by atoms with Gasteiger partial charge < -0.3 is 15.5 Å². The number of likely N-dealkylation sites (tertiary alicyclic amines) is 1. The molecular formula is C19H32ClN5O2. The number of aromatic nitrogens is 2. The van der Waals surface area contributed by atoms with Gasteiger partial charge in [0.05, 0.1) is 6.20 Å². The number of amides is 2. The van der Waals surface area contributed by atoms with Gasteiger partial charge in [-0.2, -0.15) is 5.10 Å². The van der Waals surface area contributed by atoms with Crippen molar-refractivity contribution in [1.29, 1.82) is 0 Å². The number of rotatable bonds is 5. The van der Waals surface area contributed by atoms with Crippen molar-refractivity contribution in [2.75, 3.05) is 20.1 Å². The predicted molar refractivity (Wildman–Crippen MR) is 107 cm³/mol. The van der Waals surface area contributed by atoms with E-state index in [2.05, 4.69) is 15.7 Å². The Balaban J connectivity index is 0.00000261. The Labute approximate surface area is 167 Å². The first-order chi connectivity index (χ1) is 12.6. The Morgan fingerprint density at radius 3 is 2.37 bits per heavy atom. The van der Waals surface area contributed by atoms with Gasteiger partial charge >= 0.3 is 0 Å². The molecule has 1 aromatic heterocycles. The molecule has 7 nitrogen and oxygen atoms in total. The summed E-state index contributed by atoms with van der Waals surface area (Å²) in [6.07, 6.45) is 10.9. The molecule has 1 saturated carbocycles. The number of nitrogens with zero attached hydrogens (tertiary/aromatic N) is 3. The lowest BCUT2D eigenvalue weighted by Crippen LogP contribution is -2.50. The van der Waals surface area contributed by atoms with Crippen molar-refractivity contribution in [2.45, 2.75) is 57.0 Å². The van der Waals surface area contributed by atoms with Gasteiger partial charge in [-0.15, -0.1) is 12.4 Å². The molecule has 0 aromatic carbocycles. The molecule has 0 radical (unpaired) electrons. The first-order valence-electron chi connectivity index (χ1n) is 9.83. The summed E-state index contributed by atoms with van der Waals surface area (Å²) in [6, 6.07) is -0.169. The molecule has 0 bridgehead atoms. The molecule has 1 saturated heterocycles. The Bertz CT molecular complexity index is 621. The Morgan fingerprint density at radius 2 is 1.81 bits per heavy atom. The van der Waals surface area contributed by atoms with E-state index in [1.54, 1.807) is 17.9 Å². The minimum absolute atomic E-state index is 0. The van der Waals surface area contributed by atoms with Crippen LogP contribution in [0.1, 0.15) is 56.6 Å². The average Bonchev–Trinajstić information content (AvgIpc) is 3.09. The van der Waals surface area contributed by atoms with E-state index in [4.69, 9.17) is 0 Å². The van der Waals surface area contributed by atoms with Crippen LogP contribution in [-0.2, 0) is 16.6 Å². The number of aryl methyl sites for hydroxylation is 1. The van der Waals surface area contributed by atoms with Crippen LogP contribution in [-0.4, -0.2) is 52.7 Å². The lowest BCUT2D eigenvalue weighted by molar-refractivity contribution is -0.134. The largest absolute Gasteiger partial charge is 0.353 e. The van der Waals surface area contributed by atoms with Crippen molar-refractivity contribution in [1.82, 2.24) is 25.3 Å². The highest BCUT2D eigenvalue weighted by Gasteiger charge is 2.30. The maximum atomic E-state index is 12.9. The van der Waals surface area contributed by atoms with E-state index in [-0.39, 0.29) is 42.2 Å². The molecule has 3 rings (SSSR count). The number of halogens is 1. The van der Waals surface area contributed by atoms with Gasteiger partial charge in [-0.05, 0) is 32.7 Å². The van der Waals surface area contributed by atoms with Crippen LogP contribution >= 0.6 is 12.4 Å².